The van der Waals surface area contributed by atoms with Gasteiger partial charge in [-0.2, -0.15) is 13.2 Å². The number of halogens is 3. The van der Waals surface area contributed by atoms with Crippen LogP contribution < -0.4 is 5.32 Å². The van der Waals surface area contributed by atoms with Crippen LogP contribution in [-0.4, -0.2) is 28.6 Å². The number of nitro groups is 1. The van der Waals surface area contributed by atoms with Gasteiger partial charge in [0, 0.05) is 12.1 Å². The number of hydrogen-bond donors (Lipinski definition) is 1. The van der Waals surface area contributed by atoms with Gasteiger partial charge >= 0.3 is 12.1 Å². The molecule has 12 heteroatoms. The maximum absolute atomic E-state index is 12.6. The third-order valence-electron chi connectivity index (χ3n) is 2.96. The Hall–Kier alpha value is -3.44. The number of benzene rings is 1. The molecule has 0 bridgehead atoms. The zero-order valence-electron chi connectivity index (χ0n) is 13.0. The van der Waals surface area contributed by atoms with Crippen LogP contribution in [0.3, 0.4) is 0 Å². The van der Waals surface area contributed by atoms with Crippen LogP contribution in [0.15, 0.2) is 28.8 Å². The van der Waals surface area contributed by atoms with Gasteiger partial charge in [0.2, 0.25) is 5.76 Å². The average molecular weight is 373 g/mol. The number of anilines is 1. The van der Waals surface area contributed by atoms with Crippen molar-refractivity contribution in [1.82, 2.24) is 5.16 Å². The number of alkyl halides is 3. The first-order valence-corrected chi connectivity index (χ1v) is 6.84. The highest BCUT2D eigenvalue weighted by atomic mass is 19.4. The summed E-state index contributed by atoms with van der Waals surface area (Å²) in [4.78, 5) is 33.1. The summed E-state index contributed by atoms with van der Waals surface area (Å²) in [6.07, 6.45) is -4.78. The van der Waals surface area contributed by atoms with Gasteiger partial charge in [-0.05, 0) is 19.1 Å². The van der Waals surface area contributed by atoms with Gasteiger partial charge in [-0.25, -0.2) is 4.79 Å². The van der Waals surface area contributed by atoms with E-state index in [2.05, 4.69) is 14.4 Å². The molecule has 0 aliphatic carbocycles. The van der Waals surface area contributed by atoms with Crippen molar-refractivity contribution in [1.29, 1.82) is 0 Å². The molecule has 0 saturated heterocycles. The first kappa shape index (κ1) is 18.9. The Morgan fingerprint density at radius 2 is 2.04 bits per heavy atom. The van der Waals surface area contributed by atoms with Crippen molar-refractivity contribution >= 4 is 23.3 Å². The molecule has 0 radical (unpaired) electrons. The minimum atomic E-state index is -4.78. The fourth-order valence-electron chi connectivity index (χ4n) is 1.81. The van der Waals surface area contributed by atoms with Gasteiger partial charge in [0.1, 0.15) is 5.69 Å². The molecule has 0 spiro atoms. The highest BCUT2D eigenvalue weighted by molar-refractivity contribution is 5.96. The molecule has 1 N–H and O–H groups in total. The maximum Gasteiger partial charge on any atom is 0.416 e. The standard InChI is InChI=1S/C14H10F3N3O6/c1-7-4-11(26-19-7)13(22)25-6-12(21)18-9-3-2-8(14(15,16)17)5-10(9)20(23)24/h2-5H,6H2,1H3,(H,18,21). The van der Waals surface area contributed by atoms with E-state index in [9.17, 15) is 32.9 Å². The van der Waals surface area contributed by atoms with E-state index in [0.29, 0.717) is 17.8 Å². The third kappa shape index (κ3) is 4.55. The monoisotopic (exact) mass is 373 g/mol. The van der Waals surface area contributed by atoms with E-state index in [1.54, 1.807) is 6.92 Å². The second-order valence-electron chi connectivity index (χ2n) is 4.94. The Bertz CT molecular complexity index is 862. The minimum Gasteiger partial charge on any atom is -0.450 e. The van der Waals surface area contributed by atoms with Gasteiger partial charge in [-0.15, -0.1) is 0 Å². The molecule has 0 saturated carbocycles. The average Bonchev–Trinajstić information content (AvgIpc) is 2.98. The van der Waals surface area contributed by atoms with Crippen LogP contribution in [0.5, 0.6) is 0 Å². The number of rotatable bonds is 5. The van der Waals surface area contributed by atoms with E-state index in [0.717, 1.165) is 6.07 Å². The number of carbonyl (C=O) groups excluding carboxylic acids is 2. The van der Waals surface area contributed by atoms with Crippen LogP contribution in [0.1, 0.15) is 21.8 Å². The van der Waals surface area contributed by atoms with Gasteiger partial charge in [0.15, 0.2) is 6.61 Å². The predicted molar refractivity (Wildman–Crippen MR) is 78.3 cm³/mol. The van der Waals surface area contributed by atoms with E-state index >= 15 is 0 Å². The van der Waals surface area contributed by atoms with Crippen molar-refractivity contribution in [3.63, 3.8) is 0 Å². The smallest absolute Gasteiger partial charge is 0.416 e. The molecule has 1 amide bonds. The molecule has 0 aliphatic rings. The number of esters is 1. The fourth-order valence-corrected chi connectivity index (χ4v) is 1.81. The van der Waals surface area contributed by atoms with Crippen molar-refractivity contribution in [2.75, 3.05) is 11.9 Å². The van der Waals surface area contributed by atoms with E-state index in [1.807, 2.05) is 5.32 Å². The lowest BCUT2D eigenvalue weighted by atomic mass is 10.1. The SMILES string of the molecule is Cc1cc(C(=O)OCC(=O)Nc2ccc(C(F)(F)F)cc2[N+](=O)[O-])on1. The van der Waals surface area contributed by atoms with Crippen molar-refractivity contribution < 1.29 is 36.9 Å². The maximum atomic E-state index is 12.6. The van der Waals surface area contributed by atoms with Crippen molar-refractivity contribution in [2.45, 2.75) is 13.1 Å². The molecule has 0 aliphatic heterocycles. The Kier molecular flexibility index (Phi) is 5.24. The summed E-state index contributed by atoms with van der Waals surface area (Å²) in [6.45, 7) is 0.716. The number of nitro benzene ring substituents is 1. The van der Waals surface area contributed by atoms with Crippen molar-refractivity contribution in [3.8, 4) is 0 Å². The van der Waals surface area contributed by atoms with Crippen LogP contribution in [-0.2, 0) is 15.7 Å². The molecule has 9 nitrogen and oxygen atoms in total. The minimum absolute atomic E-state index is 0.254. The highest BCUT2D eigenvalue weighted by Crippen LogP contribution is 2.34. The number of aromatic nitrogens is 1. The largest absolute Gasteiger partial charge is 0.450 e. The zero-order chi connectivity index (χ0) is 19.5. The summed E-state index contributed by atoms with van der Waals surface area (Å²) in [5.41, 5.74) is -2.26. The van der Waals surface area contributed by atoms with Gasteiger partial charge in [0.05, 0.1) is 16.2 Å². The van der Waals surface area contributed by atoms with E-state index in [4.69, 9.17) is 0 Å². The lowest BCUT2D eigenvalue weighted by Crippen LogP contribution is -2.21. The summed E-state index contributed by atoms with van der Waals surface area (Å²) < 4.78 is 47.1. The van der Waals surface area contributed by atoms with Gasteiger partial charge in [-0.3, -0.25) is 14.9 Å². The molecule has 26 heavy (non-hydrogen) atoms. The number of amides is 1. The van der Waals surface area contributed by atoms with Gasteiger partial charge in [0.25, 0.3) is 11.6 Å². The lowest BCUT2D eigenvalue weighted by Gasteiger charge is -2.10. The molecule has 0 atom stereocenters. The number of nitrogens with one attached hydrogen (secondary N) is 1. The molecule has 0 unspecified atom stereocenters. The lowest BCUT2D eigenvalue weighted by molar-refractivity contribution is -0.384. The highest BCUT2D eigenvalue weighted by Gasteiger charge is 2.33. The van der Waals surface area contributed by atoms with E-state index in [-0.39, 0.29) is 5.76 Å². The molecule has 0 fully saturated rings. The Labute approximate surface area is 142 Å². The number of hydrogen-bond acceptors (Lipinski definition) is 7. The van der Waals surface area contributed by atoms with Gasteiger partial charge in [-0.1, -0.05) is 5.16 Å². The fraction of sp³-hybridized carbons (Fsp3) is 0.214. The topological polar surface area (TPSA) is 125 Å². The van der Waals surface area contributed by atoms with Crippen molar-refractivity contribution in [2.24, 2.45) is 0 Å². The van der Waals surface area contributed by atoms with Gasteiger partial charge < -0.3 is 14.6 Å². The molecule has 2 aromatic rings. The summed E-state index contributed by atoms with van der Waals surface area (Å²) in [6, 6.07) is 2.87. The molecule has 1 heterocycles. The molecule has 1 aromatic heterocycles. The number of nitrogens with zero attached hydrogens (tertiary/aromatic N) is 2. The molecule has 2 rings (SSSR count). The first-order valence-electron chi connectivity index (χ1n) is 6.84. The number of carbonyl (C=O) groups is 2. The van der Waals surface area contributed by atoms with Crippen LogP contribution in [0.25, 0.3) is 0 Å². The Morgan fingerprint density at radius 3 is 2.58 bits per heavy atom. The molecule has 1 aromatic carbocycles. The second-order valence-corrected chi connectivity index (χ2v) is 4.94. The quantitative estimate of drug-likeness (QED) is 0.485. The summed E-state index contributed by atoms with van der Waals surface area (Å²) in [5, 5.41) is 16.4. The Balaban J connectivity index is 2.06. The Morgan fingerprint density at radius 1 is 1.35 bits per heavy atom. The van der Waals surface area contributed by atoms with E-state index in [1.165, 1.54) is 6.07 Å². The van der Waals surface area contributed by atoms with Crippen molar-refractivity contribution in [3.05, 3.63) is 51.4 Å². The number of aryl methyl sites for hydroxylation is 1. The van der Waals surface area contributed by atoms with Crippen LogP contribution in [0, 0.1) is 17.0 Å². The first-order chi connectivity index (χ1) is 12.1. The summed E-state index contributed by atoms with van der Waals surface area (Å²) in [7, 11) is 0. The molecular weight excluding hydrogens is 363 g/mol. The van der Waals surface area contributed by atoms with Crippen LogP contribution in [0.4, 0.5) is 24.5 Å². The summed E-state index contributed by atoms with van der Waals surface area (Å²) >= 11 is 0. The molecule has 138 valence electrons. The summed E-state index contributed by atoms with van der Waals surface area (Å²) in [5.74, 6) is -2.24. The third-order valence-corrected chi connectivity index (χ3v) is 2.96. The van der Waals surface area contributed by atoms with Crippen LogP contribution in [0.2, 0.25) is 0 Å². The zero-order valence-corrected chi connectivity index (χ0v) is 13.0. The predicted octanol–water partition coefficient (Wildman–Crippen LogP) is 2.71. The van der Waals surface area contributed by atoms with E-state index < -0.39 is 46.5 Å². The number of ether oxygens (including phenoxy) is 1. The second kappa shape index (κ2) is 7.21. The molecular formula is C14H10F3N3O6. The van der Waals surface area contributed by atoms with Crippen LogP contribution >= 0.6 is 0 Å². The normalized spacial score (nSPS) is 11.1.